The van der Waals surface area contributed by atoms with Crippen LogP contribution in [0.5, 0.6) is 5.75 Å². The molecule has 7 nitrogen and oxygen atoms in total. The molecule has 0 saturated carbocycles. The number of aromatic nitrogens is 1. The number of likely N-dealkylation sites (N-methyl/N-ethyl adjacent to an activating group) is 1. The van der Waals surface area contributed by atoms with Crippen molar-refractivity contribution in [3.63, 3.8) is 0 Å². The van der Waals surface area contributed by atoms with E-state index in [2.05, 4.69) is 10.3 Å². The number of oxazole rings is 1. The number of carbonyl (C=O) groups excluding carboxylic acids is 2. The van der Waals surface area contributed by atoms with E-state index < -0.39 is 0 Å². The molecule has 8 heteroatoms. The largest absolute Gasteiger partial charge is 0.492 e. The van der Waals surface area contributed by atoms with Gasteiger partial charge < -0.3 is 14.1 Å². The van der Waals surface area contributed by atoms with Crippen molar-refractivity contribution in [3.8, 4) is 17.1 Å². The maximum absolute atomic E-state index is 11.6. The van der Waals surface area contributed by atoms with Crippen LogP contribution in [-0.4, -0.2) is 36.3 Å². The maximum atomic E-state index is 11.6. The number of anilines is 1. The Morgan fingerprint density at radius 2 is 1.90 bits per heavy atom. The van der Waals surface area contributed by atoms with Crippen molar-refractivity contribution >= 4 is 35.0 Å². The Morgan fingerprint density at radius 3 is 2.60 bits per heavy atom. The standard InChI is InChI=1S/C22H19N3O4S/c1-25(21-23-14-18(29-21)16-5-3-2-4-6-16)11-12-28-17-9-7-15(8-10-17)13-19-20(26)24-22(27)30-19/h2-10,13-14H,11-12H2,1H3,(H,24,26,27)/b19-13+. The lowest BCUT2D eigenvalue weighted by atomic mass is 10.2. The molecule has 3 aromatic rings. The minimum absolute atomic E-state index is 0.350. The lowest BCUT2D eigenvalue weighted by Gasteiger charge is -2.15. The molecule has 0 aliphatic carbocycles. The molecule has 2 aromatic carbocycles. The number of imide groups is 1. The summed E-state index contributed by atoms with van der Waals surface area (Å²) in [5, 5.41) is 1.89. The van der Waals surface area contributed by atoms with Gasteiger partial charge in [0.05, 0.1) is 17.6 Å². The van der Waals surface area contributed by atoms with Crippen LogP contribution in [0.15, 0.2) is 70.1 Å². The second-order valence-corrected chi connectivity index (χ2v) is 7.58. The highest BCUT2D eigenvalue weighted by Crippen LogP contribution is 2.26. The van der Waals surface area contributed by atoms with Gasteiger partial charge in [-0.25, -0.2) is 4.98 Å². The summed E-state index contributed by atoms with van der Waals surface area (Å²) in [6.07, 6.45) is 3.39. The van der Waals surface area contributed by atoms with Crippen LogP contribution < -0.4 is 15.0 Å². The van der Waals surface area contributed by atoms with E-state index >= 15 is 0 Å². The molecule has 30 heavy (non-hydrogen) atoms. The summed E-state index contributed by atoms with van der Waals surface area (Å²) in [4.78, 5) is 29.4. The van der Waals surface area contributed by atoms with Crippen LogP contribution in [0.4, 0.5) is 10.8 Å². The molecule has 0 bridgehead atoms. The molecule has 4 rings (SSSR count). The van der Waals surface area contributed by atoms with E-state index in [1.54, 1.807) is 12.3 Å². The number of nitrogens with zero attached hydrogens (tertiary/aromatic N) is 2. The van der Waals surface area contributed by atoms with Crippen LogP contribution in [0.3, 0.4) is 0 Å². The number of amides is 2. The third kappa shape index (κ3) is 4.72. The zero-order chi connectivity index (χ0) is 20.9. The predicted molar refractivity (Wildman–Crippen MR) is 116 cm³/mol. The van der Waals surface area contributed by atoms with E-state index in [9.17, 15) is 9.59 Å². The molecule has 2 amide bonds. The monoisotopic (exact) mass is 421 g/mol. The summed E-state index contributed by atoms with van der Waals surface area (Å²) < 4.78 is 11.6. The first-order valence-electron chi connectivity index (χ1n) is 9.28. The molecule has 0 radical (unpaired) electrons. The highest BCUT2D eigenvalue weighted by atomic mass is 32.2. The van der Waals surface area contributed by atoms with Crippen molar-refractivity contribution in [2.75, 3.05) is 25.1 Å². The predicted octanol–water partition coefficient (Wildman–Crippen LogP) is 4.18. The molecular formula is C22H19N3O4S. The SMILES string of the molecule is CN(CCOc1ccc(/C=C2/SC(=O)NC2=O)cc1)c1ncc(-c2ccccc2)o1. The minimum Gasteiger partial charge on any atom is -0.492 e. The van der Waals surface area contributed by atoms with E-state index in [0.717, 1.165) is 28.6 Å². The Morgan fingerprint density at radius 1 is 1.13 bits per heavy atom. The van der Waals surface area contributed by atoms with E-state index in [1.807, 2.05) is 66.5 Å². The number of ether oxygens (including phenoxy) is 1. The summed E-state index contributed by atoms with van der Waals surface area (Å²) in [6.45, 7) is 1.05. The van der Waals surface area contributed by atoms with Gasteiger partial charge in [-0.3, -0.25) is 14.9 Å². The number of rotatable bonds is 7. The van der Waals surface area contributed by atoms with Gasteiger partial charge in [-0.05, 0) is 35.5 Å². The summed E-state index contributed by atoms with van der Waals surface area (Å²) >= 11 is 0.898. The van der Waals surface area contributed by atoms with Crippen LogP contribution in [0.2, 0.25) is 0 Å². The highest BCUT2D eigenvalue weighted by Gasteiger charge is 2.24. The summed E-state index contributed by atoms with van der Waals surface area (Å²) in [6, 6.07) is 17.7. The van der Waals surface area contributed by atoms with Crippen LogP contribution in [0.25, 0.3) is 17.4 Å². The number of benzene rings is 2. The molecule has 2 heterocycles. The van der Waals surface area contributed by atoms with Gasteiger partial charge in [0.1, 0.15) is 12.4 Å². The van der Waals surface area contributed by atoms with E-state index in [0.29, 0.717) is 29.8 Å². The van der Waals surface area contributed by atoms with Crippen LogP contribution in [-0.2, 0) is 4.79 Å². The fourth-order valence-electron chi connectivity index (χ4n) is 2.81. The van der Waals surface area contributed by atoms with Crippen molar-refractivity contribution < 1.29 is 18.7 Å². The van der Waals surface area contributed by atoms with Gasteiger partial charge in [-0.2, -0.15) is 0 Å². The normalized spacial score (nSPS) is 14.8. The first-order valence-corrected chi connectivity index (χ1v) is 10.1. The average molecular weight is 421 g/mol. The number of thioether (sulfide) groups is 1. The third-order valence-electron chi connectivity index (χ3n) is 4.39. The van der Waals surface area contributed by atoms with Gasteiger partial charge in [-0.15, -0.1) is 0 Å². The van der Waals surface area contributed by atoms with Crippen molar-refractivity contribution in [1.29, 1.82) is 0 Å². The minimum atomic E-state index is -0.365. The van der Waals surface area contributed by atoms with Crippen molar-refractivity contribution in [2.45, 2.75) is 0 Å². The highest BCUT2D eigenvalue weighted by molar-refractivity contribution is 8.18. The number of hydrogen-bond donors (Lipinski definition) is 1. The van der Waals surface area contributed by atoms with Gasteiger partial charge in [0.25, 0.3) is 17.2 Å². The van der Waals surface area contributed by atoms with Crippen molar-refractivity contribution in [1.82, 2.24) is 10.3 Å². The molecule has 1 aromatic heterocycles. The second-order valence-electron chi connectivity index (χ2n) is 6.56. The first-order chi connectivity index (χ1) is 14.6. The fourth-order valence-corrected chi connectivity index (χ4v) is 3.49. The molecule has 1 saturated heterocycles. The molecule has 1 aliphatic rings. The Bertz CT molecular complexity index is 1080. The first kappa shape index (κ1) is 19.8. The van der Waals surface area contributed by atoms with Gasteiger partial charge in [-0.1, -0.05) is 42.5 Å². The summed E-state index contributed by atoms with van der Waals surface area (Å²) in [5.41, 5.74) is 1.80. The topological polar surface area (TPSA) is 84.7 Å². The Labute approximate surface area is 177 Å². The average Bonchev–Trinajstić information content (AvgIpc) is 3.37. The lowest BCUT2D eigenvalue weighted by Crippen LogP contribution is -2.23. The van der Waals surface area contributed by atoms with Crippen LogP contribution in [0.1, 0.15) is 5.56 Å². The van der Waals surface area contributed by atoms with Crippen molar-refractivity contribution in [2.24, 2.45) is 0 Å². The van der Waals surface area contributed by atoms with Crippen molar-refractivity contribution in [3.05, 3.63) is 71.3 Å². The Hall–Kier alpha value is -3.52. The summed E-state index contributed by atoms with van der Waals surface area (Å²) in [7, 11) is 1.89. The zero-order valence-electron chi connectivity index (χ0n) is 16.2. The van der Waals surface area contributed by atoms with Crippen LogP contribution >= 0.6 is 11.8 Å². The van der Waals surface area contributed by atoms with E-state index in [4.69, 9.17) is 9.15 Å². The van der Waals surface area contributed by atoms with Gasteiger partial charge in [0, 0.05) is 12.6 Å². The molecule has 1 aliphatic heterocycles. The zero-order valence-corrected chi connectivity index (χ0v) is 17.0. The third-order valence-corrected chi connectivity index (χ3v) is 5.20. The van der Waals surface area contributed by atoms with Gasteiger partial charge >= 0.3 is 0 Å². The molecule has 0 atom stereocenters. The van der Waals surface area contributed by atoms with Gasteiger partial charge in [0.15, 0.2) is 5.76 Å². The summed E-state index contributed by atoms with van der Waals surface area (Å²) in [5.74, 6) is 1.07. The number of hydrogen-bond acceptors (Lipinski definition) is 7. The number of nitrogens with one attached hydrogen (secondary N) is 1. The number of carbonyl (C=O) groups is 2. The maximum Gasteiger partial charge on any atom is 0.297 e. The fraction of sp³-hybridized carbons (Fsp3) is 0.136. The quantitative estimate of drug-likeness (QED) is 0.573. The van der Waals surface area contributed by atoms with E-state index in [-0.39, 0.29) is 11.1 Å². The molecular weight excluding hydrogens is 402 g/mol. The molecule has 1 fully saturated rings. The molecule has 1 N–H and O–H groups in total. The Balaban J connectivity index is 1.29. The molecule has 152 valence electrons. The van der Waals surface area contributed by atoms with Gasteiger partial charge in [0.2, 0.25) is 0 Å². The molecule has 0 unspecified atom stereocenters. The van der Waals surface area contributed by atoms with E-state index in [1.165, 1.54) is 0 Å². The second kappa shape index (κ2) is 8.87. The Kier molecular flexibility index (Phi) is 5.85. The van der Waals surface area contributed by atoms with Crippen LogP contribution in [0, 0.1) is 0 Å². The molecule has 0 spiro atoms. The smallest absolute Gasteiger partial charge is 0.297 e. The lowest BCUT2D eigenvalue weighted by molar-refractivity contribution is -0.115.